The summed E-state index contributed by atoms with van der Waals surface area (Å²) in [5.74, 6) is -0.287. The summed E-state index contributed by atoms with van der Waals surface area (Å²) in [4.78, 5) is 13.5. The van der Waals surface area contributed by atoms with Crippen LogP contribution in [0.5, 0.6) is 0 Å². The van der Waals surface area contributed by atoms with Crippen molar-refractivity contribution < 1.29 is 89.4 Å². The summed E-state index contributed by atoms with van der Waals surface area (Å²) in [5, 5.41) is 121. The largest absolute Gasteiger partial charge is 0.394 e. The lowest BCUT2D eigenvalue weighted by atomic mass is 9.96. The first kappa shape index (κ1) is 92.0. The molecular weight excluding hydrogens is 1270 g/mol. The molecule has 3 fully saturated rings. The molecule has 19 heteroatoms. The molecule has 0 aromatic rings. The summed E-state index contributed by atoms with van der Waals surface area (Å²) in [6.45, 7) is 1.75. The number of hydrogen-bond donors (Lipinski definition) is 12. The highest BCUT2D eigenvalue weighted by Crippen LogP contribution is 2.33. The van der Waals surface area contributed by atoms with Crippen LogP contribution in [0.15, 0.2) is 48.6 Å². The van der Waals surface area contributed by atoms with Crippen LogP contribution in [0.3, 0.4) is 0 Å². The van der Waals surface area contributed by atoms with E-state index >= 15 is 0 Å². The van der Waals surface area contributed by atoms with Gasteiger partial charge in [-0.25, -0.2) is 0 Å². The molecule has 586 valence electrons. The standard InChI is InChI=1S/C81H149NO18/c1-3-5-7-9-11-13-15-17-19-21-23-25-27-28-29-30-31-32-33-34-35-37-38-40-42-44-46-48-50-52-54-56-58-65(86)64(82-69(87)59-57-55-53-51-49-47-45-43-41-39-36-26-24-22-20-18-16-14-12-10-8-6-4-2)63-95-79-75(93)72(90)77(67(61-84)97-79)100-81-76(94)73(91)78(68(62-85)98-81)99-80-74(92)71(89)70(88)66(60-83)96-80/h22,24,40,42,48,50,56,58,64-68,70-81,83-86,88-94H,3-21,23,25-39,41,43-47,49,51-55,57,59-63H2,1-2H3,(H,82,87)/b24-22-,42-40+,50-48+,58-56+. The number of aliphatic hydroxyl groups is 11. The molecule has 3 saturated heterocycles. The molecule has 3 rings (SSSR count). The molecule has 0 spiro atoms. The quantitative estimate of drug-likeness (QED) is 0.0199. The van der Waals surface area contributed by atoms with Crippen LogP contribution in [0.25, 0.3) is 0 Å². The van der Waals surface area contributed by atoms with Gasteiger partial charge in [0.15, 0.2) is 18.9 Å². The Kier molecular flexibility index (Phi) is 56.9. The van der Waals surface area contributed by atoms with Crippen molar-refractivity contribution in [2.45, 2.75) is 433 Å². The third-order valence-electron chi connectivity index (χ3n) is 20.3. The van der Waals surface area contributed by atoms with Crippen molar-refractivity contribution in [2.24, 2.45) is 0 Å². The van der Waals surface area contributed by atoms with Crippen LogP contribution in [0.4, 0.5) is 0 Å². The second-order valence-corrected chi connectivity index (χ2v) is 29.2. The van der Waals surface area contributed by atoms with E-state index in [1.54, 1.807) is 6.08 Å². The van der Waals surface area contributed by atoms with Gasteiger partial charge in [0.2, 0.25) is 5.91 Å². The van der Waals surface area contributed by atoms with Crippen LogP contribution >= 0.6 is 0 Å². The van der Waals surface area contributed by atoms with Gasteiger partial charge in [0.1, 0.15) is 73.2 Å². The van der Waals surface area contributed by atoms with Crippen LogP contribution in [-0.4, -0.2) is 193 Å². The lowest BCUT2D eigenvalue weighted by Crippen LogP contribution is -2.66. The number of allylic oxidation sites excluding steroid dienone is 7. The molecule has 3 aliphatic heterocycles. The minimum atomic E-state index is -1.98. The van der Waals surface area contributed by atoms with Gasteiger partial charge in [-0.15, -0.1) is 0 Å². The Balaban J connectivity index is 1.39. The second-order valence-electron chi connectivity index (χ2n) is 29.2. The molecule has 17 unspecified atom stereocenters. The van der Waals surface area contributed by atoms with Gasteiger partial charge in [0.25, 0.3) is 0 Å². The zero-order valence-corrected chi connectivity index (χ0v) is 62.7. The molecule has 19 nitrogen and oxygen atoms in total. The van der Waals surface area contributed by atoms with Gasteiger partial charge in [0.05, 0.1) is 38.6 Å². The fraction of sp³-hybridized carbons (Fsp3) is 0.889. The molecule has 3 aliphatic rings. The van der Waals surface area contributed by atoms with Crippen molar-refractivity contribution >= 4 is 5.91 Å². The van der Waals surface area contributed by atoms with E-state index < -0.39 is 124 Å². The lowest BCUT2D eigenvalue weighted by Gasteiger charge is -2.48. The minimum Gasteiger partial charge on any atom is -0.394 e. The average Bonchev–Trinajstić information content (AvgIpc) is 0.783. The Hall–Kier alpha value is -2.25. The summed E-state index contributed by atoms with van der Waals surface area (Å²) in [5.41, 5.74) is 0. The zero-order valence-electron chi connectivity index (χ0n) is 62.7. The van der Waals surface area contributed by atoms with E-state index in [0.717, 1.165) is 44.9 Å². The minimum absolute atomic E-state index is 0.232. The smallest absolute Gasteiger partial charge is 0.220 e. The maximum Gasteiger partial charge on any atom is 0.220 e. The molecule has 1 amide bonds. The van der Waals surface area contributed by atoms with Gasteiger partial charge >= 0.3 is 0 Å². The lowest BCUT2D eigenvalue weighted by molar-refractivity contribution is -0.379. The number of hydrogen-bond acceptors (Lipinski definition) is 18. The molecular formula is C81H149NO18. The zero-order chi connectivity index (χ0) is 72.5. The predicted molar refractivity (Wildman–Crippen MR) is 397 cm³/mol. The van der Waals surface area contributed by atoms with Gasteiger partial charge < -0.3 is 89.9 Å². The summed E-state index contributed by atoms with van der Waals surface area (Å²) in [6, 6.07) is -0.999. The molecule has 0 saturated carbocycles. The Morgan fingerprint density at radius 2 is 0.640 bits per heavy atom. The highest BCUT2D eigenvalue weighted by atomic mass is 16.8. The number of nitrogens with one attached hydrogen (secondary N) is 1. The number of carbonyl (C=O) groups is 1. The fourth-order valence-corrected chi connectivity index (χ4v) is 13.8. The Bertz CT molecular complexity index is 1990. The highest BCUT2D eigenvalue weighted by Gasteiger charge is 2.54. The summed E-state index contributed by atoms with van der Waals surface area (Å²) >= 11 is 0. The number of aliphatic hydroxyl groups excluding tert-OH is 11. The fourth-order valence-electron chi connectivity index (χ4n) is 13.8. The third kappa shape index (κ3) is 41.6. The van der Waals surface area contributed by atoms with Crippen molar-refractivity contribution in [2.75, 3.05) is 26.4 Å². The van der Waals surface area contributed by atoms with Crippen molar-refractivity contribution in [1.82, 2.24) is 5.32 Å². The molecule has 100 heavy (non-hydrogen) atoms. The SMILES string of the molecule is CCCCCCCCCC/C=C\CCCCCCCCCCCCCC(=O)NC(COC1OC(CO)C(OC2OC(CO)C(OC3OC(CO)C(O)C(O)C3O)C(O)C2O)C(O)C1O)C(O)/C=C/CC/C=C/CC/C=C/CCCCCCCCCCCCCCCCCCCCCCCC. The van der Waals surface area contributed by atoms with E-state index in [1.165, 1.54) is 250 Å². The summed E-state index contributed by atoms with van der Waals surface area (Å²) in [6.07, 6.45) is 51.1. The first-order valence-electron chi connectivity index (χ1n) is 40.9. The van der Waals surface area contributed by atoms with Crippen LogP contribution < -0.4 is 5.32 Å². The van der Waals surface area contributed by atoms with E-state index in [2.05, 4.69) is 55.6 Å². The first-order valence-corrected chi connectivity index (χ1v) is 40.9. The van der Waals surface area contributed by atoms with Gasteiger partial charge in [-0.3, -0.25) is 4.79 Å². The molecule has 0 aliphatic carbocycles. The van der Waals surface area contributed by atoms with E-state index in [4.69, 9.17) is 28.4 Å². The van der Waals surface area contributed by atoms with Gasteiger partial charge in [0, 0.05) is 6.42 Å². The van der Waals surface area contributed by atoms with Crippen LogP contribution in [-0.2, 0) is 33.2 Å². The maximum absolute atomic E-state index is 13.5. The normalized spacial score (nSPS) is 26.7. The van der Waals surface area contributed by atoms with Crippen LogP contribution in [0, 0.1) is 0 Å². The molecule has 12 N–H and O–H groups in total. The van der Waals surface area contributed by atoms with Crippen molar-refractivity contribution in [3.05, 3.63) is 48.6 Å². The van der Waals surface area contributed by atoms with Crippen LogP contribution in [0.1, 0.15) is 328 Å². The van der Waals surface area contributed by atoms with E-state index in [1.807, 2.05) is 6.08 Å². The van der Waals surface area contributed by atoms with Crippen molar-refractivity contribution in [3.8, 4) is 0 Å². The number of amides is 1. The Morgan fingerprint density at radius 3 is 1.00 bits per heavy atom. The monoisotopic (exact) mass is 1420 g/mol. The van der Waals surface area contributed by atoms with Gasteiger partial charge in [-0.2, -0.15) is 0 Å². The maximum atomic E-state index is 13.5. The van der Waals surface area contributed by atoms with E-state index in [9.17, 15) is 61.0 Å². The molecule has 3 heterocycles. The number of rotatable bonds is 65. The summed E-state index contributed by atoms with van der Waals surface area (Å²) in [7, 11) is 0. The molecule has 0 aromatic heterocycles. The predicted octanol–water partition coefficient (Wildman–Crippen LogP) is 13.7. The highest BCUT2D eigenvalue weighted by molar-refractivity contribution is 5.76. The first-order chi connectivity index (χ1) is 48.8. The molecule has 0 radical (unpaired) electrons. The van der Waals surface area contributed by atoms with E-state index in [0.29, 0.717) is 12.8 Å². The Morgan fingerprint density at radius 1 is 0.350 bits per heavy atom. The number of carbonyl (C=O) groups excluding carboxylic acids is 1. The van der Waals surface area contributed by atoms with Crippen molar-refractivity contribution in [3.63, 3.8) is 0 Å². The third-order valence-corrected chi connectivity index (χ3v) is 20.3. The molecule has 0 bridgehead atoms. The molecule has 17 atom stereocenters. The second kappa shape index (κ2) is 61.9. The van der Waals surface area contributed by atoms with E-state index in [-0.39, 0.29) is 18.9 Å². The topological polar surface area (TPSA) is 307 Å². The van der Waals surface area contributed by atoms with Crippen molar-refractivity contribution in [1.29, 1.82) is 0 Å². The summed E-state index contributed by atoms with van der Waals surface area (Å²) < 4.78 is 34.4. The van der Waals surface area contributed by atoms with Crippen LogP contribution in [0.2, 0.25) is 0 Å². The van der Waals surface area contributed by atoms with Gasteiger partial charge in [-0.05, 0) is 70.6 Å². The number of unbranched alkanes of at least 4 members (excludes halogenated alkanes) is 43. The molecule has 0 aromatic carbocycles. The Labute approximate surface area is 605 Å². The van der Waals surface area contributed by atoms with Gasteiger partial charge in [-0.1, -0.05) is 300 Å². The average molecular weight is 1430 g/mol. The number of ether oxygens (including phenoxy) is 6.